The fourth-order valence-electron chi connectivity index (χ4n) is 3.14. The van der Waals surface area contributed by atoms with Crippen molar-refractivity contribution in [2.75, 3.05) is 6.61 Å². The highest BCUT2D eigenvalue weighted by Crippen LogP contribution is 2.29. The number of oxazole rings is 1. The SMILES string of the molecule is O=C(NC(CCO)c1cccs1)c1ccccc1-c1ncc(-c2ccccc2)o1. The second-order valence-corrected chi connectivity index (χ2v) is 7.47. The summed E-state index contributed by atoms with van der Waals surface area (Å²) in [6, 6.07) is 20.6. The Balaban J connectivity index is 1.62. The average molecular weight is 404 g/mol. The van der Waals surface area contributed by atoms with Crippen molar-refractivity contribution >= 4 is 17.2 Å². The molecule has 0 aliphatic carbocycles. The molecule has 146 valence electrons. The molecule has 0 saturated carbocycles. The van der Waals surface area contributed by atoms with Crippen LogP contribution in [0.5, 0.6) is 0 Å². The van der Waals surface area contributed by atoms with E-state index in [1.165, 1.54) is 0 Å². The van der Waals surface area contributed by atoms with Crippen LogP contribution in [0.1, 0.15) is 27.7 Å². The van der Waals surface area contributed by atoms with Crippen LogP contribution in [0.2, 0.25) is 0 Å². The molecule has 5 nitrogen and oxygen atoms in total. The number of hydrogen-bond acceptors (Lipinski definition) is 5. The lowest BCUT2D eigenvalue weighted by Crippen LogP contribution is -2.29. The Morgan fingerprint density at radius 1 is 1.07 bits per heavy atom. The number of hydrogen-bond donors (Lipinski definition) is 2. The van der Waals surface area contributed by atoms with E-state index in [-0.39, 0.29) is 18.6 Å². The van der Waals surface area contributed by atoms with Gasteiger partial charge in [-0.1, -0.05) is 48.5 Å². The second-order valence-electron chi connectivity index (χ2n) is 6.50. The van der Waals surface area contributed by atoms with Gasteiger partial charge in [0.2, 0.25) is 5.89 Å². The van der Waals surface area contributed by atoms with E-state index < -0.39 is 0 Å². The molecule has 2 aromatic heterocycles. The molecular weight excluding hydrogens is 384 g/mol. The molecule has 0 aliphatic rings. The summed E-state index contributed by atoms with van der Waals surface area (Å²) in [5.41, 5.74) is 2.03. The Kier molecular flexibility index (Phi) is 5.84. The number of amides is 1. The fourth-order valence-corrected chi connectivity index (χ4v) is 3.95. The van der Waals surface area contributed by atoms with Crippen LogP contribution in [-0.4, -0.2) is 22.6 Å². The smallest absolute Gasteiger partial charge is 0.252 e. The first-order valence-electron chi connectivity index (χ1n) is 9.32. The molecule has 2 N–H and O–H groups in total. The summed E-state index contributed by atoms with van der Waals surface area (Å²) < 4.78 is 5.94. The zero-order valence-corrected chi connectivity index (χ0v) is 16.4. The quantitative estimate of drug-likeness (QED) is 0.458. The number of nitrogens with zero attached hydrogens (tertiary/aromatic N) is 1. The number of benzene rings is 2. The average Bonchev–Trinajstić information content (AvgIpc) is 3.46. The van der Waals surface area contributed by atoms with E-state index in [4.69, 9.17) is 4.42 Å². The molecule has 0 radical (unpaired) electrons. The van der Waals surface area contributed by atoms with Gasteiger partial charge in [-0.15, -0.1) is 11.3 Å². The van der Waals surface area contributed by atoms with Crippen molar-refractivity contribution in [2.45, 2.75) is 12.5 Å². The molecular formula is C23H20N2O3S. The van der Waals surface area contributed by atoms with Crippen molar-refractivity contribution < 1.29 is 14.3 Å². The summed E-state index contributed by atoms with van der Waals surface area (Å²) in [6.45, 7) is -0.00926. The van der Waals surface area contributed by atoms with Crippen molar-refractivity contribution in [1.29, 1.82) is 0 Å². The van der Waals surface area contributed by atoms with E-state index >= 15 is 0 Å². The summed E-state index contributed by atoms with van der Waals surface area (Å²) in [4.78, 5) is 18.4. The second kappa shape index (κ2) is 8.86. The van der Waals surface area contributed by atoms with Crippen LogP contribution < -0.4 is 5.32 Å². The molecule has 2 heterocycles. The first-order chi connectivity index (χ1) is 14.3. The Hall–Kier alpha value is -3.22. The monoisotopic (exact) mass is 404 g/mol. The highest BCUT2D eigenvalue weighted by molar-refractivity contribution is 7.10. The van der Waals surface area contributed by atoms with Gasteiger partial charge < -0.3 is 14.8 Å². The number of carbonyl (C=O) groups is 1. The van der Waals surface area contributed by atoms with Crippen molar-refractivity contribution in [2.24, 2.45) is 0 Å². The predicted molar refractivity (Wildman–Crippen MR) is 114 cm³/mol. The normalized spacial score (nSPS) is 11.9. The van der Waals surface area contributed by atoms with E-state index in [2.05, 4.69) is 10.3 Å². The number of rotatable bonds is 7. The van der Waals surface area contributed by atoms with Crippen LogP contribution in [0.3, 0.4) is 0 Å². The number of carbonyl (C=O) groups excluding carboxylic acids is 1. The Labute approximate surface area is 172 Å². The van der Waals surface area contributed by atoms with Crippen LogP contribution in [0.4, 0.5) is 0 Å². The van der Waals surface area contributed by atoms with Crippen LogP contribution in [0.15, 0.2) is 82.7 Å². The molecule has 6 heteroatoms. The molecule has 1 atom stereocenters. The Morgan fingerprint density at radius 3 is 2.62 bits per heavy atom. The molecule has 4 aromatic rings. The Bertz CT molecular complexity index is 1070. The number of aromatic nitrogens is 1. The number of aliphatic hydroxyl groups is 1. The van der Waals surface area contributed by atoms with Gasteiger partial charge in [-0.05, 0) is 30.0 Å². The zero-order chi connectivity index (χ0) is 20.1. The lowest BCUT2D eigenvalue weighted by atomic mass is 10.1. The van der Waals surface area contributed by atoms with Crippen molar-refractivity contribution in [3.63, 3.8) is 0 Å². The van der Waals surface area contributed by atoms with Crippen molar-refractivity contribution in [1.82, 2.24) is 10.3 Å². The van der Waals surface area contributed by atoms with Gasteiger partial charge in [0.1, 0.15) is 0 Å². The summed E-state index contributed by atoms with van der Waals surface area (Å²) in [5.74, 6) is 0.809. The van der Waals surface area contributed by atoms with Gasteiger partial charge in [0, 0.05) is 22.6 Å². The summed E-state index contributed by atoms with van der Waals surface area (Å²) in [7, 11) is 0. The molecule has 1 unspecified atom stereocenters. The molecule has 4 rings (SSSR count). The lowest BCUT2D eigenvalue weighted by molar-refractivity contribution is 0.0931. The van der Waals surface area contributed by atoms with Gasteiger partial charge in [0.25, 0.3) is 5.91 Å². The predicted octanol–water partition coefficient (Wildman–Crippen LogP) is 4.92. The zero-order valence-electron chi connectivity index (χ0n) is 15.6. The number of aliphatic hydroxyl groups excluding tert-OH is 1. The maximum Gasteiger partial charge on any atom is 0.252 e. The van der Waals surface area contributed by atoms with Gasteiger partial charge in [0.05, 0.1) is 17.8 Å². The molecule has 0 spiro atoms. The first-order valence-corrected chi connectivity index (χ1v) is 10.2. The third kappa shape index (κ3) is 4.29. The van der Waals surface area contributed by atoms with Crippen LogP contribution in [0, 0.1) is 0 Å². The minimum absolute atomic E-state index is 0.00926. The van der Waals surface area contributed by atoms with Gasteiger partial charge in [-0.25, -0.2) is 4.98 Å². The molecule has 0 aliphatic heterocycles. The van der Waals surface area contributed by atoms with Crippen LogP contribution >= 0.6 is 11.3 Å². The highest BCUT2D eigenvalue weighted by Gasteiger charge is 2.21. The van der Waals surface area contributed by atoms with E-state index in [0.29, 0.717) is 29.2 Å². The number of thiophene rings is 1. The first kappa shape index (κ1) is 19.1. The van der Waals surface area contributed by atoms with Crippen molar-refractivity contribution in [3.8, 4) is 22.8 Å². The van der Waals surface area contributed by atoms with Gasteiger partial charge >= 0.3 is 0 Å². The van der Waals surface area contributed by atoms with Gasteiger partial charge in [-0.2, -0.15) is 0 Å². The lowest BCUT2D eigenvalue weighted by Gasteiger charge is -2.17. The fraction of sp³-hybridized carbons (Fsp3) is 0.130. The van der Waals surface area contributed by atoms with E-state index in [1.54, 1.807) is 23.6 Å². The summed E-state index contributed by atoms with van der Waals surface area (Å²) >= 11 is 1.55. The Morgan fingerprint density at radius 2 is 1.86 bits per heavy atom. The molecule has 29 heavy (non-hydrogen) atoms. The maximum atomic E-state index is 13.0. The van der Waals surface area contributed by atoms with Gasteiger partial charge in [-0.3, -0.25) is 4.79 Å². The van der Waals surface area contributed by atoms with E-state index in [0.717, 1.165) is 10.4 Å². The molecule has 0 bridgehead atoms. The third-order valence-electron chi connectivity index (χ3n) is 4.58. The molecule has 0 fully saturated rings. The highest BCUT2D eigenvalue weighted by atomic mass is 32.1. The molecule has 2 aromatic carbocycles. The minimum Gasteiger partial charge on any atom is -0.436 e. The maximum absolute atomic E-state index is 13.0. The molecule has 0 saturated heterocycles. The molecule has 1 amide bonds. The van der Waals surface area contributed by atoms with Gasteiger partial charge in [0.15, 0.2) is 5.76 Å². The summed E-state index contributed by atoms with van der Waals surface area (Å²) in [5, 5.41) is 14.4. The van der Waals surface area contributed by atoms with E-state index in [1.807, 2.05) is 66.0 Å². The topological polar surface area (TPSA) is 75.4 Å². The minimum atomic E-state index is -0.245. The van der Waals surface area contributed by atoms with Crippen molar-refractivity contribution in [3.05, 3.63) is 88.7 Å². The third-order valence-corrected chi connectivity index (χ3v) is 5.56. The largest absolute Gasteiger partial charge is 0.436 e. The summed E-state index contributed by atoms with van der Waals surface area (Å²) in [6.07, 6.45) is 2.12. The standard InChI is InChI=1S/C23H20N2O3S/c26-13-12-19(21-11-6-14-29-21)25-22(27)17-9-4-5-10-18(17)23-24-15-20(28-23)16-7-2-1-3-8-16/h1-11,14-15,19,26H,12-13H2,(H,25,27). The van der Waals surface area contributed by atoms with E-state index in [9.17, 15) is 9.90 Å². The number of nitrogens with one attached hydrogen (secondary N) is 1. The van der Waals surface area contributed by atoms with Crippen LogP contribution in [-0.2, 0) is 0 Å². The van der Waals surface area contributed by atoms with Crippen LogP contribution in [0.25, 0.3) is 22.8 Å².